The Morgan fingerprint density at radius 1 is 1.19 bits per heavy atom. The Hall–Kier alpha value is -3.00. The van der Waals surface area contributed by atoms with Gasteiger partial charge in [-0.15, -0.1) is 0 Å². The molecule has 4 N–H and O–H groups in total. The number of carbonyl (C=O) groups is 2. The molecule has 8 nitrogen and oxygen atoms in total. The fourth-order valence-corrected chi connectivity index (χ4v) is 3.59. The van der Waals surface area contributed by atoms with E-state index in [0.717, 1.165) is 23.4 Å². The van der Waals surface area contributed by atoms with Crippen molar-refractivity contribution < 1.29 is 19.1 Å². The first-order valence-corrected chi connectivity index (χ1v) is 10.6. The Bertz CT molecular complexity index is 917. The Morgan fingerprint density at radius 3 is 2.71 bits per heavy atom. The third-order valence-electron chi connectivity index (χ3n) is 5.11. The molecular formula is C23H32N4O4. The van der Waals surface area contributed by atoms with Gasteiger partial charge >= 0.3 is 6.09 Å². The molecule has 1 unspecified atom stereocenters. The number of rotatable bonds is 6. The third kappa shape index (κ3) is 6.24. The minimum Gasteiger partial charge on any atom is -0.444 e. The number of hydrogen-bond acceptors (Lipinski definition) is 5. The van der Waals surface area contributed by atoms with Gasteiger partial charge in [-0.3, -0.25) is 4.79 Å². The number of ether oxygens (including phenoxy) is 2. The summed E-state index contributed by atoms with van der Waals surface area (Å²) in [5.74, 6) is 0.0164. The lowest BCUT2D eigenvalue weighted by Gasteiger charge is -2.19. The number of amides is 2. The normalized spacial score (nSPS) is 15.9. The second-order valence-electron chi connectivity index (χ2n) is 8.67. The maximum absolute atomic E-state index is 12.6. The molecule has 2 heterocycles. The molecule has 1 aromatic heterocycles. The summed E-state index contributed by atoms with van der Waals surface area (Å²) < 4.78 is 10.9. The maximum atomic E-state index is 12.6. The number of H-pyrrole nitrogens is 1. The van der Waals surface area contributed by atoms with E-state index in [1.807, 2.05) is 19.1 Å². The van der Waals surface area contributed by atoms with Crippen LogP contribution < -0.4 is 16.0 Å². The van der Waals surface area contributed by atoms with Gasteiger partial charge in [0.2, 0.25) is 0 Å². The average molecular weight is 429 g/mol. The number of alkyl carbamates (subject to hydrolysis) is 1. The highest BCUT2D eigenvalue weighted by Crippen LogP contribution is 2.31. The fraction of sp³-hybridized carbons (Fsp3) is 0.478. The molecule has 0 saturated heterocycles. The predicted octanol–water partition coefficient (Wildman–Crippen LogP) is 3.30. The highest BCUT2D eigenvalue weighted by atomic mass is 16.6. The number of aromatic amines is 1. The molecule has 31 heavy (non-hydrogen) atoms. The second-order valence-corrected chi connectivity index (χ2v) is 8.67. The molecule has 2 amide bonds. The number of anilines is 1. The average Bonchev–Trinajstić information content (AvgIpc) is 2.93. The van der Waals surface area contributed by atoms with E-state index in [-0.39, 0.29) is 11.8 Å². The van der Waals surface area contributed by atoms with Crippen LogP contribution >= 0.6 is 0 Å². The van der Waals surface area contributed by atoms with Crippen molar-refractivity contribution in [2.75, 3.05) is 31.7 Å². The summed E-state index contributed by atoms with van der Waals surface area (Å²) in [6.07, 6.45) is 1.99. The van der Waals surface area contributed by atoms with Gasteiger partial charge in [0.15, 0.2) is 0 Å². The molecule has 0 bridgehead atoms. The van der Waals surface area contributed by atoms with Crippen LogP contribution in [-0.2, 0) is 15.9 Å². The number of hydrogen-bond donors (Lipinski definition) is 4. The molecule has 1 aromatic carbocycles. The minimum atomic E-state index is -0.551. The SMILES string of the molecule is Cc1c(C(=O)NCCNC(=O)OC(C)(C)C)c[nH]c1CC1COCNc2ccccc21. The van der Waals surface area contributed by atoms with Crippen LogP contribution in [0.2, 0.25) is 0 Å². The maximum Gasteiger partial charge on any atom is 0.407 e. The molecule has 0 spiro atoms. The summed E-state index contributed by atoms with van der Waals surface area (Å²) >= 11 is 0. The first-order valence-electron chi connectivity index (χ1n) is 10.6. The van der Waals surface area contributed by atoms with Crippen molar-refractivity contribution >= 4 is 17.7 Å². The smallest absolute Gasteiger partial charge is 0.407 e. The second kappa shape index (κ2) is 9.87. The van der Waals surface area contributed by atoms with Crippen LogP contribution in [0, 0.1) is 6.92 Å². The van der Waals surface area contributed by atoms with Gasteiger partial charge in [-0.1, -0.05) is 18.2 Å². The van der Waals surface area contributed by atoms with Crippen LogP contribution in [0.1, 0.15) is 53.9 Å². The number of nitrogens with one attached hydrogen (secondary N) is 4. The molecule has 3 rings (SSSR count). The molecule has 1 aliphatic heterocycles. The fourth-order valence-electron chi connectivity index (χ4n) is 3.59. The molecule has 0 saturated carbocycles. The van der Waals surface area contributed by atoms with E-state index in [9.17, 15) is 9.59 Å². The van der Waals surface area contributed by atoms with Gasteiger partial charge in [-0.05, 0) is 51.3 Å². The van der Waals surface area contributed by atoms with Crippen molar-refractivity contribution in [2.45, 2.75) is 45.6 Å². The number of fused-ring (bicyclic) bond motifs is 1. The summed E-state index contributed by atoms with van der Waals surface area (Å²) in [5.41, 5.74) is 4.30. The molecule has 1 atom stereocenters. The Balaban J connectivity index is 1.55. The number of carbonyl (C=O) groups excluding carboxylic acids is 2. The summed E-state index contributed by atoms with van der Waals surface area (Å²) in [6, 6.07) is 8.22. The molecule has 0 fully saturated rings. The largest absolute Gasteiger partial charge is 0.444 e. The predicted molar refractivity (Wildman–Crippen MR) is 119 cm³/mol. The molecule has 0 radical (unpaired) electrons. The lowest BCUT2D eigenvalue weighted by molar-refractivity contribution is 0.0526. The summed E-state index contributed by atoms with van der Waals surface area (Å²) in [5, 5.41) is 8.76. The number of aromatic nitrogens is 1. The van der Waals surface area contributed by atoms with E-state index >= 15 is 0 Å². The standard InChI is InChI=1S/C23H32N4O4/c1-15-18(21(28)24-9-10-25-22(29)31-23(2,3)4)12-26-20(15)11-16-13-30-14-27-19-8-6-5-7-17(16)19/h5-8,12,16,26-27H,9-11,13-14H2,1-4H3,(H,24,28)(H,25,29). The molecule has 1 aliphatic rings. The lowest BCUT2D eigenvalue weighted by Crippen LogP contribution is -2.37. The zero-order valence-corrected chi connectivity index (χ0v) is 18.6. The van der Waals surface area contributed by atoms with Gasteiger partial charge in [0.1, 0.15) is 12.3 Å². The highest BCUT2D eigenvalue weighted by Gasteiger charge is 2.22. The Morgan fingerprint density at radius 2 is 1.94 bits per heavy atom. The zero-order valence-electron chi connectivity index (χ0n) is 18.6. The zero-order chi connectivity index (χ0) is 22.4. The van der Waals surface area contributed by atoms with Gasteiger partial charge in [-0.25, -0.2) is 4.79 Å². The van der Waals surface area contributed by atoms with Crippen LogP contribution in [-0.4, -0.2) is 49.0 Å². The van der Waals surface area contributed by atoms with Gasteiger partial charge in [-0.2, -0.15) is 0 Å². The summed E-state index contributed by atoms with van der Waals surface area (Å²) in [4.78, 5) is 27.5. The van der Waals surface area contributed by atoms with Crippen molar-refractivity contribution in [3.8, 4) is 0 Å². The van der Waals surface area contributed by atoms with E-state index in [2.05, 4.69) is 33.1 Å². The van der Waals surface area contributed by atoms with Crippen LogP contribution in [0.15, 0.2) is 30.5 Å². The van der Waals surface area contributed by atoms with Crippen molar-refractivity contribution in [3.63, 3.8) is 0 Å². The van der Waals surface area contributed by atoms with E-state index in [0.29, 0.717) is 32.0 Å². The lowest BCUT2D eigenvalue weighted by atomic mass is 9.92. The van der Waals surface area contributed by atoms with Gasteiger partial charge < -0.3 is 30.4 Å². The molecule has 2 aromatic rings. The van der Waals surface area contributed by atoms with Gasteiger partial charge in [0.25, 0.3) is 5.91 Å². The highest BCUT2D eigenvalue weighted by molar-refractivity contribution is 5.95. The Kier molecular flexibility index (Phi) is 7.22. The minimum absolute atomic E-state index is 0.176. The van der Waals surface area contributed by atoms with E-state index in [1.54, 1.807) is 27.0 Å². The van der Waals surface area contributed by atoms with E-state index in [1.165, 1.54) is 5.56 Å². The molecule has 168 valence electrons. The van der Waals surface area contributed by atoms with Crippen LogP contribution in [0.3, 0.4) is 0 Å². The van der Waals surface area contributed by atoms with Crippen LogP contribution in [0.5, 0.6) is 0 Å². The van der Waals surface area contributed by atoms with Crippen molar-refractivity contribution in [1.29, 1.82) is 0 Å². The molecular weight excluding hydrogens is 396 g/mol. The topological polar surface area (TPSA) is 104 Å². The van der Waals surface area contributed by atoms with Crippen LogP contribution in [0.25, 0.3) is 0 Å². The van der Waals surface area contributed by atoms with E-state index in [4.69, 9.17) is 9.47 Å². The number of para-hydroxylation sites is 1. The van der Waals surface area contributed by atoms with Gasteiger partial charge in [0, 0.05) is 36.6 Å². The molecule has 8 heteroatoms. The Labute approximate surface area is 183 Å². The monoisotopic (exact) mass is 428 g/mol. The first kappa shape index (κ1) is 22.7. The number of benzene rings is 1. The van der Waals surface area contributed by atoms with Crippen LogP contribution in [0.4, 0.5) is 10.5 Å². The summed E-state index contributed by atoms with van der Waals surface area (Å²) in [6.45, 7) is 9.06. The quantitative estimate of drug-likeness (QED) is 0.529. The van der Waals surface area contributed by atoms with Crippen molar-refractivity contribution in [1.82, 2.24) is 15.6 Å². The van der Waals surface area contributed by atoms with Crippen molar-refractivity contribution in [2.24, 2.45) is 0 Å². The molecule has 0 aliphatic carbocycles. The van der Waals surface area contributed by atoms with E-state index < -0.39 is 11.7 Å². The summed E-state index contributed by atoms with van der Waals surface area (Å²) in [7, 11) is 0. The first-order chi connectivity index (χ1) is 14.7. The van der Waals surface area contributed by atoms with Gasteiger partial charge in [0.05, 0.1) is 12.2 Å². The third-order valence-corrected chi connectivity index (χ3v) is 5.11. The van der Waals surface area contributed by atoms with Crippen molar-refractivity contribution in [3.05, 3.63) is 52.8 Å².